The number of alkyl halides is 3. The number of isocyanates is 1. The lowest BCUT2D eigenvalue weighted by atomic mass is 9.70. The summed E-state index contributed by atoms with van der Waals surface area (Å²) in [6, 6.07) is 4.66. The molecule has 96 valence electrons. The van der Waals surface area contributed by atoms with Gasteiger partial charge in [0.2, 0.25) is 6.08 Å². The summed E-state index contributed by atoms with van der Waals surface area (Å²) in [5.41, 5.74) is -1.56. The SMILES string of the molecule is O=C=NC1(c2cccc(C(F)(F)F)c2)CC(O)C1. The number of aliphatic hydroxyl groups is 1. The molecule has 1 saturated carbocycles. The van der Waals surface area contributed by atoms with E-state index in [1.165, 1.54) is 18.2 Å². The quantitative estimate of drug-likeness (QED) is 0.653. The summed E-state index contributed by atoms with van der Waals surface area (Å²) >= 11 is 0. The van der Waals surface area contributed by atoms with Gasteiger partial charge in [0, 0.05) is 12.8 Å². The summed E-state index contributed by atoms with van der Waals surface area (Å²) in [4.78, 5) is 14.0. The van der Waals surface area contributed by atoms with Crippen molar-refractivity contribution < 1.29 is 23.1 Å². The van der Waals surface area contributed by atoms with Crippen molar-refractivity contribution in [3.63, 3.8) is 0 Å². The molecule has 0 radical (unpaired) electrons. The normalized spacial score (nSPS) is 27.2. The van der Waals surface area contributed by atoms with Gasteiger partial charge in [-0.05, 0) is 17.7 Å². The van der Waals surface area contributed by atoms with Gasteiger partial charge < -0.3 is 5.11 Å². The Labute approximate surface area is 101 Å². The summed E-state index contributed by atoms with van der Waals surface area (Å²) in [5, 5.41) is 9.29. The van der Waals surface area contributed by atoms with Crippen LogP contribution in [0.3, 0.4) is 0 Å². The maximum Gasteiger partial charge on any atom is 0.416 e. The van der Waals surface area contributed by atoms with Crippen LogP contribution in [-0.4, -0.2) is 17.3 Å². The molecule has 6 heteroatoms. The molecular formula is C12H10F3NO2. The van der Waals surface area contributed by atoms with Crippen molar-refractivity contribution in [3.05, 3.63) is 35.4 Å². The van der Waals surface area contributed by atoms with Crippen LogP contribution in [0.5, 0.6) is 0 Å². The van der Waals surface area contributed by atoms with Crippen molar-refractivity contribution in [2.75, 3.05) is 0 Å². The fraction of sp³-hybridized carbons (Fsp3) is 0.417. The first-order chi connectivity index (χ1) is 8.37. The zero-order valence-corrected chi connectivity index (χ0v) is 9.24. The Hall–Kier alpha value is -1.65. The number of hydrogen-bond acceptors (Lipinski definition) is 3. The van der Waals surface area contributed by atoms with E-state index >= 15 is 0 Å². The van der Waals surface area contributed by atoms with Crippen molar-refractivity contribution in [2.24, 2.45) is 4.99 Å². The standard InChI is InChI=1S/C12H10F3NO2/c13-12(14,15)9-3-1-2-8(4-9)11(16-7-17)5-10(18)6-11/h1-4,10,18H,5-6H2. The molecule has 0 bridgehead atoms. The molecule has 0 heterocycles. The van der Waals surface area contributed by atoms with E-state index in [1.807, 2.05) is 0 Å². The number of benzene rings is 1. The maximum absolute atomic E-state index is 12.6. The minimum absolute atomic E-state index is 0.142. The molecule has 0 amide bonds. The van der Waals surface area contributed by atoms with E-state index < -0.39 is 23.4 Å². The van der Waals surface area contributed by atoms with Gasteiger partial charge in [0.1, 0.15) is 5.54 Å². The predicted molar refractivity (Wildman–Crippen MR) is 56.5 cm³/mol. The van der Waals surface area contributed by atoms with Crippen molar-refractivity contribution in [1.29, 1.82) is 0 Å². The number of rotatable bonds is 2. The van der Waals surface area contributed by atoms with Gasteiger partial charge in [0.15, 0.2) is 0 Å². The Morgan fingerprint density at radius 3 is 2.56 bits per heavy atom. The van der Waals surface area contributed by atoms with Crippen molar-refractivity contribution in [3.8, 4) is 0 Å². The Morgan fingerprint density at radius 2 is 2.06 bits per heavy atom. The third kappa shape index (κ3) is 2.17. The van der Waals surface area contributed by atoms with Crippen LogP contribution in [0.25, 0.3) is 0 Å². The first-order valence-corrected chi connectivity index (χ1v) is 5.32. The maximum atomic E-state index is 12.6. The van der Waals surface area contributed by atoms with E-state index in [0.29, 0.717) is 0 Å². The molecule has 0 spiro atoms. The second kappa shape index (κ2) is 4.23. The lowest BCUT2D eigenvalue weighted by Crippen LogP contribution is -2.43. The highest BCUT2D eigenvalue weighted by molar-refractivity contribution is 5.41. The Bertz CT molecular complexity index is 500. The minimum Gasteiger partial charge on any atom is -0.393 e. The summed E-state index contributed by atoms with van der Waals surface area (Å²) in [6.45, 7) is 0. The van der Waals surface area contributed by atoms with E-state index in [-0.39, 0.29) is 18.4 Å². The van der Waals surface area contributed by atoms with E-state index in [2.05, 4.69) is 4.99 Å². The Morgan fingerprint density at radius 1 is 1.39 bits per heavy atom. The number of carbonyl (C=O) groups excluding carboxylic acids is 1. The molecule has 0 unspecified atom stereocenters. The third-order valence-corrected chi connectivity index (χ3v) is 3.13. The first-order valence-electron chi connectivity index (χ1n) is 5.32. The van der Waals surface area contributed by atoms with Crippen LogP contribution in [0, 0.1) is 0 Å². The number of halogens is 3. The summed E-state index contributed by atoms with van der Waals surface area (Å²) in [5.74, 6) is 0. The highest BCUT2D eigenvalue weighted by atomic mass is 19.4. The molecule has 0 aromatic heterocycles. The van der Waals surface area contributed by atoms with Crippen molar-refractivity contribution in [2.45, 2.75) is 30.7 Å². The summed E-state index contributed by atoms with van der Waals surface area (Å²) < 4.78 is 37.7. The Kier molecular flexibility index (Phi) is 3.00. The lowest BCUT2D eigenvalue weighted by molar-refractivity contribution is -0.137. The number of aliphatic imine (C=N–C) groups is 1. The van der Waals surface area contributed by atoms with Gasteiger partial charge in [-0.2, -0.15) is 18.2 Å². The average Bonchev–Trinajstić information content (AvgIpc) is 2.26. The molecule has 1 aliphatic carbocycles. The molecule has 0 atom stereocenters. The second-order valence-corrected chi connectivity index (χ2v) is 4.38. The topological polar surface area (TPSA) is 49.7 Å². The van der Waals surface area contributed by atoms with E-state index in [9.17, 15) is 23.1 Å². The van der Waals surface area contributed by atoms with E-state index in [1.54, 1.807) is 0 Å². The summed E-state index contributed by atoms with van der Waals surface area (Å²) in [7, 11) is 0. The molecule has 1 N–H and O–H groups in total. The van der Waals surface area contributed by atoms with E-state index in [0.717, 1.165) is 12.1 Å². The van der Waals surface area contributed by atoms with Crippen LogP contribution in [0.2, 0.25) is 0 Å². The molecular weight excluding hydrogens is 247 g/mol. The zero-order valence-electron chi connectivity index (χ0n) is 9.24. The minimum atomic E-state index is -4.44. The third-order valence-electron chi connectivity index (χ3n) is 3.13. The van der Waals surface area contributed by atoms with Crippen molar-refractivity contribution in [1.82, 2.24) is 0 Å². The monoisotopic (exact) mass is 257 g/mol. The lowest BCUT2D eigenvalue weighted by Gasteiger charge is -2.41. The molecule has 18 heavy (non-hydrogen) atoms. The van der Waals surface area contributed by atoms with Crippen LogP contribution in [0.15, 0.2) is 29.3 Å². The molecule has 3 nitrogen and oxygen atoms in total. The van der Waals surface area contributed by atoms with Crippen LogP contribution in [-0.2, 0) is 16.5 Å². The fourth-order valence-corrected chi connectivity index (χ4v) is 2.18. The van der Waals surface area contributed by atoms with Gasteiger partial charge in [-0.15, -0.1) is 0 Å². The van der Waals surface area contributed by atoms with Gasteiger partial charge in [-0.1, -0.05) is 12.1 Å². The molecule has 1 aromatic rings. The van der Waals surface area contributed by atoms with Gasteiger partial charge in [0.25, 0.3) is 0 Å². The highest BCUT2D eigenvalue weighted by Gasteiger charge is 2.46. The predicted octanol–water partition coefficient (Wildman–Crippen LogP) is 2.39. The van der Waals surface area contributed by atoms with Gasteiger partial charge in [-0.25, -0.2) is 4.79 Å². The average molecular weight is 257 g/mol. The fourth-order valence-electron chi connectivity index (χ4n) is 2.18. The molecule has 2 rings (SSSR count). The molecule has 1 aromatic carbocycles. The van der Waals surface area contributed by atoms with Crippen LogP contribution >= 0.6 is 0 Å². The second-order valence-electron chi connectivity index (χ2n) is 4.38. The van der Waals surface area contributed by atoms with Crippen LogP contribution in [0.1, 0.15) is 24.0 Å². The number of aliphatic hydroxyl groups excluding tert-OH is 1. The smallest absolute Gasteiger partial charge is 0.393 e. The van der Waals surface area contributed by atoms with Gasteiger partial charge >= 0.3 is 6.18 Å². The molecule has 0 aliphatic heterocycles. The molecule has 1 aliphatic rings. The highest BCUT2D eigenvalue weighted by Crippen LogP contribution is 2.46. The van der Waals surface area contributed by atoms with E-state index in [4.69, 9.17) is 0 Å². The molecule has 1 fully saturated rings. The number of nitrogens with zero attached hydrogens (tertiary/aromatic N) is 1. The van der Waals surface area contributed by atoms with Crippen LogP contribution in [0.4, 0.5) is 13.2 Å². The summed E-state index contributed by atoms with van der Waals surface area (Å²) in [6.07, 6.45) is -3.43. The van der Waals surface area contributed by atoms with Gasteiger partial charge in [0.05, 0.1) is 11.7 Å². The first kappa shape index (κ1) is 12.8. The van der Waals surface area contributed by atoms with Crippen molar-refractivity contribution >= 4 is 6.08 Å². The molecule has 0 saturated heterocycles. The largest absolute Gasteiger partial charge is 0.416 e. The Balaban J connectivity index is 2.41. The van der Waals surface area contributed by atoms with Crippen LogP contribution < -0.4 is 0 Å². The zero-order chi connectivity index (χ0) is 13.4. The van der Waals surface area contributed by atoms with Gasteiger partial charge in [-0.3, -0.25) is 0 Å². The number of hydrogen-bond donors (Lipinski definition) is 1.